The second-order valence-electron chi connectivity index (χ2n) is 5.81. The topological polar surface area (TPSA) is 34.4 Å². The molecule has 21 heavy (non-hydrogen) atoms. The van der Waals surface area contributed by atoms with E-state index in [2.05, 4.69) is 48.8 Å². The second kappa shape index (κ2) is 6.46. The average molecular weight is 285 g/mol. The van der Waals surface area contributed by atoms with Crippen LogP contribution in [0.25, 0.3) is 0 Å². The van der Waals surface area contributed by atoms with Crippen LogP contribution in [0.1, 0.15) is 24.0 Å². The highest BCUT2D eigenvalue weighted by Crippen LogP contribution is 2.39. The molecule has 1 saturated heterocycles. The van der Waals surface area contributed by atoms with Crippen LogP contribution in [0.5, 0.6) is 0 Å². The molecule has 1 aliphatic rings. The van der Waals surface area contributed by atoms with Crippen LogP contribution in [0, 0.1) is 0 Å². The Hall–Kier alpha value is -1.58. The average Bonchev–Trinajstić information content (AvgIpc) is 3.07. The molecule has 3 heteroatoms. The molecule has 0 saturated carbocycles. The first kappa shape index (κ1) is 14.4. The Labute approximate surface area is 126 Å². The molecule has 112 valence electrons. The number of hydrogen-bond donors (Lipinski definition) is 1. The van der Waals surface area contributed by atoms with Crippen LogP contribution in [0.4, 0.5) is 0 Å². The van der Waals surface area contributed by atoms with Crippen LogP contribution in [-0.4, -0.2) is 26.3 Å². The molecular weight excluding hydrogens is 262 g/mol. The molecular formula is C18H23NO2. The van der Waals surface area contributed by atoms with Crippen LogP contribution in [-0.2, 0) is 16.6 Å². The van der Waals surface area contributed by atoms with E-state index in [-0.39, 0.29) is 5.41 Å². The molecule has 0 aliphatic carbocycles. The number of furan rings is 1. The van der Waals surface area contributed by atoms with Crippen LogP contribution in [0.15, 0.2) is 53.3 Å². The number of benzene rings is 1. The summed E-state index contributed by atoms with van der Waals surface area (Å²) >= 11 is 0. The highest BCUT2D eigenvalue weighted by molar-refractivity contribution is 5.30. The lowest BCUT2D eigenvalue weighted by Crippen LogP contribution is -2.51. The summed E-state index contributed by atoms with van der Waals surface area (Å²) in [5.74, 6) is 0. The highest BCUT2D eigenvalue weighted by Gasteiger charge is 2.41. The predicted molar refractivity (Wildman–Crippen MR) is 83.4 cm³/mol. The van der Waals surface area contributed by atoms with E-state index < -0.39 is 0 Å². The zero-order chi connectivity index (χ0) is 14.5. The van der Waals surface area contributed by atoms with Crippen LogP contribution in [0.3, 0.4) is 0 Å². The summed E-state index contributed by atoms with van der Waals surface area (Å²) in [6.07, 6.45) is 6.69. The maximum absolute atomic E-state index is 5.63. The number of likely N-dealkylation sites (N-methyl/N-ethyl adjacent to an activating group) is 1. The zero-order valence-electron chi connectivity index (χ0n) is 12.5. The number of rotatable bonds is 5. The third-order valence-corrected chi connectivity index (χ3v) is 4.77. The van der Waals surface area contributed by atoms with Crippen molar-refractivity contribution in [1.82, 2.24) is 5.32 Å². The van der Waals surface area contributed by atoms with Crippen molar-refractivity contribution in [3.63, 3.8) is 0 Å². The van der Waals surface area contributed by atoms with Gasteiger partial charge in [0.1, 0.15) is 0 Å². The molecule has 2 heterocycles. The van der Waals surface area contributed by atoms with Crippen molar-refractivity contribution in [2.75, 3.05) is 20.3 Å². The van der Waals surface area contributed by atoms with Gasteiger partial charge in [-0.05, 0) is 43.5 Å². The normalized spacial score (nSPS) is 19.3. The van der Waals surface area contributed by atoms with Crippen molar-refractivity contribution in [3.8, 4) is 0 Å². The SMILES string of the molecule is CNC(Cc1ccoc1)C1(c2ccccc2)CCOCC1. The molecule has 0 radical (unpaired) electrons. The standard InChI is InChI=1S/C18H23NO2/c1-19-17(13-15-7-10-21-14-15)18(8-11-20-12-9-18)16-5-3-2-4-6-16/h2-7,10,14,17,19H,8-9,11-13H2,1H3. The molecule has 3 nitrogen and oxygen atoms in total. The Morgan fingerprint density at radius 3 is 2.52 bits per heavy atom. The Morgan fingerprint density at radius 2 is 1.90 bits per heavy atom. The molecule has 3 rings (SSSR count). The van der Waals surface area contributed by atoms with E-state index in [1.54, 1.807) is 6.26 Å². The predicted octanol–water partition coefficient (Wildman–Crippen LogP) is 3.16. The fourth-order valence-corrected chi connectivity index (χ4v) is 3.56. The first-order valence-corrected chi connectivity index (χ1v) is 7.67. The summed E-state index contributed by atoms with van der Waals surface area (Å²) < 4.78 is 10.9. The molecule has 0 spiro atoms. The number of hydrogen-bond acceptors (Lipinski definition) is 3. The van der Waals surface area contributed by atoms with Gasteiger partial charge < -0.3 is 14.5 Å². The highest BCUT2D eigenvalue weighted by atomic mass is 16.5. The lowest BCUT2D eigenvalue weighted by Gasteiger charge is -2.44. The fourth-order valence-electron chi connectivity index (χ4n) is 3.56. The molecule has 1 atom stereocenters. The van der Waals surface area contributed by atoms with E-state index in [4.69, 9.17) is 9.15 Å². The Morgan fingerprint density at radius 1 is 1.14 bits per heavy atom. The number of nitrogens with one attached hydrogen (secondary N) is 1. The van der Waals surface area contributed by atoms with Gasteiger partial charge in [0, 0.05) is 24.7 Å². The minimum Gasteiger partial charge on any atom is -0.472 e. The molecule has 1 aromatic heterocycles. The molecule has 2 aromatic rings. The van der Waals surface area contributed by atoms with E-state index in [0.717, 1.165) is 32.5 Å². The van der Waals surface area contributed by atoms with Gasteiger partial charge in [0.25, 0.3) is 0 Å². The zero-order valence-corrected chi connectivity index (χ0v) is 12.5. The monoisotopic (exact) mass is 285 g/mol. The van der Waals surface area contributed by atoms with E-state index in [9.17, 15) is 0 Å². The van der Waals surface area contributed by atoms with Crippen molar-refractivity contribution in [1.29, 1.82) is 0 Å². The minimum absolute atomic E-state index is 0.130. The van der Waals surface area contributed by atoms with Crippen LogP contribution >= 0.6 is 0 Å². The summed E-state index contributed by atoms with van der Waals surface area (Å²) in [5.41, 5.74) is 2.79. The van der Waals surface area contributed by atoms with Crippen LogP contribution in [0.2, 0.25) is 0 Å². The third kappa shape index (κ3) is 2.89. The van der Waals surface area contributed by atoms with Gasteiger partial charge in [-0.3, -0.25) is 0 Å². The van der Waals surface area contributed by atoms with Gasteiger partial charge in [-0.25, -0.2) is 0 Å². The largest absolute Gasteiger partial charge is 0.472 e. The Balaban J connectivity index is 1.93. The fraction of sp³-hybridized carbons (Fsp3) is 0.444. The van der Waals surface area contributed by atoms with E-state index >= 15 is 0 Å². The van der Waals surface area contributed by atoms with Gasteiger partial charge in [0.15, 0.2) is 0 Å². The van der Waals surface area contributed by atoms with Crippen molar-refractivity contribution in [2.45, 2.75) is 30.7 Å². The van der Waals surface area contributed by atoms with Crippen molar-refractivity contribution >= 4 is 0 Å². The van der Waals surface area contributed by atoms with Gasteiger partial charge in [-0.15, -0.1) is 0 Å². The van der Waals surface area contributed by atoms with E-state index in [1.165, 1.54) is 11.1 Å². The molecule has 0 bridgehead atoms. The first-order valence-electron chi connectivity index (χ1n) is 7.67. The van der Waals surface area contributed by atoms with Gasteiger partial charge >= 0.3 is 0 Å². The van der Waals surface area contributed by atoms with Gasteiger partial charge in [0.2, 0.25) is 0 Å². The maximum atomic E-state index is 5.63. The van der Waals surface area contributed by atoms with Crippen LogP contribution < -0.4 is 5.32 Å². The van der Waals surface area contributed by atoms with Gasteiger partial charge in [-0.2, -0.15) is 0 Å². The Kier molecular flexibility index (Phi) is 4.42. The maximum Gasteiger partial charge on any atom is 0.0935 e. The Bertz CT molecular complexity index is 530. The third-order valence-electron chi connectivity index (χ3n) is 4.77. The molecule has 1 aliphatic heterocycles. The lowest BCUT2D eigenvalue weighted by molar-refractivity contribution is 0.0354. The molecule has 1 unspecified atom stereocenters. The van der Waals surface area contributed by atoms with Crippen molar-refractivity contribution < 1.29 is 9.15 Å². The lowest BCUT2D eigenvalue weighted by atomic mass is 9.67. The minimum atomic E-state index is 0.130. The number of ether oxygens (including phenoxy) is 1. The first-order chi connectivity index (χ1) is 10.3. The van der Waals surface area contributed by atoms with E-state index in [0.29, 0.717) is 6.04 Å². The summed E-state index contributed by atoms with van der Waals surface area (Å²) in [7, 11) is 2.06. The molecule has 0 amide bonds. The van der Waals surface area contributed by atoms with Crippen molar-refractivity contribution in [3.05, 3.63) is 60.1 Å². The smallest absolute Gasteiger partial charge is 0.0935 e. The van der Waals surface area contributed by atoms with Gasteiger partial charge in [-0.1, -0.05) is 30.3 Å². The second-order valence-corrected chi connectivity index (χ2v) is 5.81. The van der Waals surface area contributed by atoms with E-state index in [1.807, 2.05) is 6.26 Å². The summed E-state index contributed by atoms with van der Waals surface area (Å²) in [4.78, 5) is 0. The molecule has 1 fully saturated rings. The quantitative estimate of drug-likeness (QED) is 0.916. The van der Waals surface area contributed by atoms with Gasteiger partial charge in [0.05, 0.1) is 12.5 Å². The summed E-state index contributed by atoms with van der Waals surface area (Å²) in [5, 5.41) is 3.55. The molecule has 1 aromatic carbocycles. The van der Waals surface area contributed by atoms with Crippen molar-refractivity contribution in [2.24, 2.45) is 0 Å². The molecule has 1 N–H and O–H groups in total. The summed E-state index contributed by atoms with van der Waals surface area (Å²) in [6.45, 7) is 1.66. The summed E-state index contributed by atoms with van der Waals surface area (Å²) in [6, 6.07) is 13.3.